The lowest BCUT2D eigenvalue weighted by atomic mass is 10.0. The van der Waals surface area contributed by atoms with E-state index in [0.717, 1.165) is 46.7 Å². The van der Waals surface area contributed by atoms with Gasteiger partial charge >= 0.3 is 0 Å². The van der Waals surface area contributed by atoms with Gasteiger partial charge in [0, 0.05) is 30.5 Å². The summed E-state index contributed by atoms with van der Waals surface area (Å²) >= 11 is 18.7. The highest BCUT2D eigenvalue weighted by Crippen LogP contribution is 2.47. The lowest BCUT2D eigenvalue weighted by Gasteiger charge is -2.13. The molecule has 0 atom stereocenters. The third-order valence-electron chi connectivity index (χ3n) is 8.63. The SMILES string of the molecule is CCCOc1c(Cl)cc(CCOCc2ccnc(CS(C)(=O)=O)n2)cc1C#N.CS(=O)(=O)Cc1nccc(COc2ccc3c(c2)-c2c(cc(C#N)c(OCCCl)c2Cl)C3)n1. The van der Waals surface area contributed by atoms with Crippen LogP contribution in [0.4, 0.5) is 0 Å². The molecule has 0 saturated heterocycles. The molecule has 1 aliphatic rings. The maximum absolute atomic E-state index is 11.5. The average molecular weight is 928 g/mol. The number of nitrogens with zero attached hydrogens (tertiary/aromatic N) is 6. The van der Waals surface area contributed by atoms with Gasteiger partial charge in [-0.3, -0.25) is 0 Å². The molecule has 1 aliphatic carbocycles. The van der Waals surface area contributed by atoms with Crippen LogP contribution in [-0.2, 0) is 62.0 Å². The predicted octanol–water partition coefficient (Wildman–Crippen LogP) is 7.41. The summed E-state index contributed by atoms with van der Waals surface area (Å²) in [5.41, 5.74) is 6.56. The van der Waals surface area contributed by atoms with Gasteiger partial charge in [-0.15, -0.1) is 11.6 Å². The highest BCUT2D eigenvalue weighted by Gasteiger charge is 2.27. The number of ether oxygens (including phenoxy) is 4. The van der Waals surface area contributed by atoms with Crippen LogP contribution in [0.15, 0.2) is 60.9 Å². The van der Waals surface area contributed by atoms with Gasteiger partial charge in [-0.2, -0.15) is 10.5 Å². The Kier molecular flexibility index (Phi) is 16.7. The van der Waals surface area contributed by atoms with Crippen LogP contribution in [-0.4, -0.2) is 75.0 Å². The number of nitriles is 2. The third kappa shape index (κ3) is 13.7. The van der Waals surface area contributed by atoms with Crippen molar-refractivity contribution < 1.29 is 35.8 Å². The smallest absolute Gasteiger partial charge is 0.156 e. The lowest BCUT2D eigenvalue weighted by molar-refractivity contribution is 0.121. The van der Waals surface area contributed by atoms with E-state index in [-0.39, 0.29) is 48.9 Å². The fraction of sp³-hybridized carbons (Fsp3) is 0.333. The molecule has 0 bridgehead atoms. The van der Waals surface area contributed by atoms with Gasteiger partial charge in [-0.25, -0.2) is 36.8 Å². The summed E-state index contributed by atoms with van der Waals surface area (Å²) in [6.45, 7) is 3.49. The van der Waals surface area contributed by atoms with Crippen molar-refractivity contribution >= 4 is 54.5 Å². The molecule has 0 unspecified atom stereocenters. The Hall–Kier alpha value is -5.07. The molecule has 5 aromatic rings. The van der Waals surface area contributed by atoms with Crippen LogP contribution in [0.2, 0.25) is 10.0 Å². The Labute approximate surface area is 370 Å². The molecule has 320 valence electrons. The van der Waals surface area contributed by atoms with Gasteiger partial charge < -0.3 is 18.9 Å². The number of hydrogen-bond donors (Lipinski definition) is 0. The van der Waals surface area contributed by atoms with Gasteiger partial charge in [0.1, 0.15) is 54.3 Å². The summed E-state index contributed by atoms with van der Waals surface area (Å²) in [6.07, 6.45) is 7.34. The molecule has 2 aromatic heterocycles. The Morgan fingerprint density at radius 2 is 1.36 bits per heavy atom. The maximum atomic E-state index is 11.5. The molecule has 19 heteroatoms. The number of aromatic nitrogens is 4. The van der Waals surface area contributed by atoms with Crippen LogP contribution >= 0.6 is 34.8 Å². The maximum Gasteiger partial charge on any atom is 0.156 e. The van der Waals surface area contributed by atoms with E-state index in [9.17, 15) is 27.4 Å². The number of hydrogen-bond acceptors (Lipinski definition) is 14. The molecule has 0 radical (unpaired) electrons. The largest absolute Gasteiger partial charge is 0.491 e. The zero-order chi connectivity index (χ0) is 44.2. The van der Waals surface area contributed by atoms with E-state index in [1.54, 1.807) is 30.3 Å². The van der Waals surface area contributed by atoms with Crippen LogP contribution in [0.3, 0.4) is 0 Å². The van der Waals surface area contributed by atoms with E-state index in [4.69, 9.17) is 53.8 Å². The van der Waals surface area contributed by atoms with Crippen molar-refractivity contribution in [2.24, 2.45) is 0 Å². The summed E-state index contributed by atoms with van der Waals surface area (Å²) < 4.78 is 68.4. The van der Waals surface area contributed by atoms with Crippen LogP contribution in [0.25, 0.3) is 11.1 Å². The second-order valence-electron chi connectivity index (χ2n) is 13.8. The minimum atomic E-state index is -3.23. The molecular weight excluding hydrogens is 887 g/mol. The quantitative estimate of drug-likeness (QED) is 0.0609. The molecule has 0 amide bonds. The fourth-order valence-corrected chi connectivity index (χ4v) is 8.09. The molecule has 2 heterocycles. The molecule has 0 saturated carbocycles. The molecule has 0 aliphatic heterocycles. The topological polar surface area (TPSA) is 204 Å². The first-order valence-corrected chi connectivity index (χ1v) is 24.1. The van der Waals surface area contributed by atoms with Crippen LogP contribution in [0.1, 0.15) is 64.2 Å². The van der Waals surface area contributed by atoms with Crippen LogP contribution in [0, 0.1) is 22.7 Å². The van der Waals surface area contributed by atoms with Gasteiger partial charge in [-0.05, 0) is 84.0 Å². The van der Waals surface area contributed by atoms with Gasteiger partial charge in [0.2, 0.25) is 0 Å². The van der Waals surface area contributed by atoms with Crippen molar-refractivity contribution in [2.45, 2.75) is 50.9 Å². The van der Waals surface area contributed by atoms with Crippen molar-refractivity contribution in [3.05, 3.63) is 122 Å². The minimum absolute atomic E-state index is 0.149. The van der Waals surface area contributed by atoms with Crippen molar-refractivity contribution in [1.29, 1.82) is 10.5 Å². The van der Waals surface area contributed by atoms with Crippen molar-refractivity contribution in [3.8, 4) is 40.5 Å². The number of halogens is 3. The first kappa shape index (κ1) is 47.0. The Morgan fingerprint density at radius 1 is 0.738 bits per heavy atom. The average Bonchev–Trinajstić information content (AvgIpc) is 3.58. The number of sulfone groups is 2. The van der Waals surface area contributed by atoms with E-state index in [2.05, 4.69) is 32.1 Å². The highest BCUT2D eigenvalue weighted by atomic mass is 35.5. The van der Waals surface area contributed by atoms with Crippen LogP contribution < -0.4 is 14.2 Å². The highest BCUT2D eigenvalue weighted by molar-refractivity contribution is 7.90. The Balaban J connectivity index is 0.000000234. The molecule has 61 heavy (non-hydrogen) atoms. The fourth-order valence-electron chi connectivity index (χ4n) is 6.12. The van der Waals surface area contributed by atoms with E-state index in [1.165, 1.54) is 12.4 Å². The van der Waals surface area contributed by atoms with Gasteiger partial charge in [0.15, 0.2) is 31.2 Å². The van der Waals surface area contributed by atoms with E-state index in [1.807, 2.05) is 25.1 Å². The summed E-state index contributed by atoms with van der Waals surface area (Å²) in [6, 6.07) is 18.6. The van der Waals surface area contributed by atoms with Crippen LogP contribution in [0.5, 0.6) is 17.2 Å². The first-order chi connectivity index (χ1) is 29.1. The lowest BCUT2D eigenvalue weighted by Crippen LogP contribution is -2.08. The normalized spacial score (nSPS) is 11.7. The summed E-state index contributed by atoms with van der Waals surface area (Å²) in [5, 5.41) is 19.6. The predicted molar refractivity (Wildman–Crippen MR) is 231 cm³/mol. The zero-order valence-corrected chi connectivity index (χ0v) is 37.4. The molecule has 0 N–H and O–H groups in total. The number of benzene rings is 3. The van der Waals surface area contributed by atoms with Gasteiger partial charge in [0.25, 0.3) is 0 Å². The number of rotatable bonds is 18. The Bertz CT molecular complexity index is 2690. The molecule has 0 spiro atoms. The van der Waals surface area contributed by atoms with Crippen molar-refractivity contribution in [3.63, 3.8) is 0 Å². The molecule has 3 aromatic carbocycles. The first-order valence-electron chi connectivity index (χ1n) is 18.7. The third-order valence-corrected chi connectivity index (χ3v) is 11.0. The molecule has 0 fully saturated rings. The van der Waals surface area contributed by atoms with Gasteiger partial charge in [0.05, 0.1) is 58.3 Å². The standard InChI is InChI=1S/C23H19Cl2N3O4S.C19H22ClN3O4S/c1-33(29,30)13-20-27-6-4-17(28-20)12-32-18-3-2-14-8-15-9-16(11-26)23(31-7-5-24)22(25)21(15)19(14)10-18;1-3-7-27-19-15(11-21)9-14(10-17(19)20)5-8-26-12-16-4-6-22-18(23-16)13-28(2,24)25/h2-4,6,9-10H,5,7-8,12-13H2,1H3;4,6,9-10H,3,5,7-8,12-13H2,1-2H3. The Morgan fingerprint density at radius 3 is 1.97 bits per heavy atom. The summed E-state index contributed by atoms with van der Waals surface area (Å²) in [7, 11) is -6.42. The van der Waals surface area contributed by atoms with E-state index >= 15 is 0 Å². The molecular formula is C42H41Cl3N6O8S2. The van der Waals surface area contributed by atoms with Gasteiger partial charge in [-0.1, -0.05) is 36.2 Å². The second kappa shape index (κ2) is 21.6. The number of fused-ring (bicyclic) bond motifs is 3. The monoisotopic (exact) mass is 926 g/mol. The summed E-state index contributed by atoms with van der Waals surface area (Å²) in [4.78, 5) is 16.4. The van der Waals surface area contributed by atoms with E-state index < -0.39 is 19.7 Å². The number of alkyl halides is 1. The molecule has 6 rings (SSSR count). The van der Waals surface area contributed by atoms with E-state index in [0.29, 0.717) is 75.9 Å². The zero-order valence-electron chi connectivity index (χ0n) is 33.5. The minimum Gasteiger partial charge on any atom is -0.491 e. The second-order valence-corrected chi connectivity index (χ2v) is 19.3. The summed E-state index contributed by atoms with van der Waals surface area (Å²) in [5.74, 6) is 1.67. The molecule has 14 nitrogen and oxygen atoms in total. The van der Waals surface area contributed by atoms with Crippen molar-refractivity contribution in [2.75, 3.05) is 38.2 Å². The van der Waals surface area contributed by atoms with Crippen molar-refractivity contribution in [1.82, 2.24) is 19.9 Å².